The van der Waals surface area contributed by atoms with Gasteiger partial charge in [-0.05, 0) is 24.6 Å². The number of halogens is 1. The number of ether oxygens (including phenoxy) is 1. The molecular weight excluding hydrogens is 407 g/mol. The SMILES string of the molecule is CCOC(=O)CSc1nnc(CNC(=O)c2ccccc2F)n1Cc1ccccc1. The second-order valence-electron chi connectivity index (χ2n) is 6.23. The number of hydrogen-bond donors (Lipinski definition) is 1. The molecule has 7 nitrogen and oxygen atoms in total. The molecule has 0 saturated heterocycles. The smallest absolute Gasteiger partial charge is 0.316 e. The van der Waals surface area contributed by atoms with E-state index in [0.29, 0.717) is 24.1 Å². The van der Waals surface area contributed by atoms with E-state index in [1.165, 1.54) is 30.0 Å². The molecule has 0 fully saturated rings. The first-order valence-corrected chi connectivity index (χ1v) is 10.3. The Morgan fingerprint density at radius 1 is 1.10 bits per heavy atom. The van der Waals surface area contributed by atoms with E-state index in [4.69, 9.17) is 4.74 Å². The largest absolute Gasteiger partial charge is 0.465 e. The zero-order valence-electron chi connectivity index (χ0n) is 16.4. The quantitative estimate of drug-likeness (QED) is 0.416. The first-order chi connectivity index (χ1) is 14.6. The Morgan fingerprint density at radius 2 is 1.83 bits per heavy atom. The highest BCUT2D eigenvalue weighted by Crippen LogP contribution is 2.19. The number of thioether (sulfide) groups is 1. The maximum absolute atomic E-state index is 13.8. The molecule has 2 aromatic carbocycles. The Hall–Kier alpha value is -3.20. The van der Waals surface area contributed by atoms with Gasteiger partial charge in [-0.3, -0.25) is 9.59 Å². The molecule has 0 atom stereocenters. The van der Waals surface area contributed by atoms with Crippen LogP contribution in [-0.2, 0) is 22.6 Å². The van der Waals surface area contributed by atoms with Gasteiger partial charge in [-0.2, -0.15) is 0 Å². The van der Waals surface area contributed by atoms with Crippen molar-refractivity contribution >= 4 is 23.6 Å². The lowest BCUT2D eigenvalue weighted by atomic mass is 10.2. The summed E-state index contributed by atoms with van der Waals surface area (Å²) in [5.41, 5.74) is 0.973. The number of carbonyl (C=O) groups is 2. The monoisotopic (exact) mass is 428 g/mol. The van der Waals surface area contributed by atoms with Crippen molar-refractivity contribution in [1.82, 2.24) is 20.1 Å². The number of nitrogens with zero attached hydrogens (tertiary/aromatic N) is 3. The van der Waals surface area contributed by atoms with Crippen molar-refractivity contribution in [3.8, 4) is 0 Å². The third-order valence-electron chi connectivity index (χ3n) is 4.13. The highest BCUT2D eigenvalue weighted by molar-refractivity contribution is 7.99. The van der Waals surface area contributed by atoms with Crippen LogP contribution < -0.4 is 5.32 Å². The summed E-state index contributed by atoms with van der Waals surface area (Å²) < 4.78 is 20.6. The van der Waals surface area contributed by atoms with Crippen LogP contribution in [-0.4, -0.2) is 39.0 Å². The van der Waals surface area contributed by atoms with Gasteiger partial charge in [-0.15, -0.1) is 10.2 Å². The number of nitrogens with one attached hydrogen (secondary N) is 1. The molecule has 0 spiro atoms. The zero-order chi connectivity index (χ0) is 21.3. The molecule has 1 heterocycles. The van der Waals surface area contributed by atoms with Gasteiger partial charge < -0.3 is 14.6 Å². The van der Waals surface area contributed by atoms with Crippen LogP contribution in [0, 0.1) is 5.82 Å². The van der Waals surface area contributed by atoms with Crippen molar-refractivity contribution in [3.63, 3.8) is 0 Å². The minimum atomic E-state index is -0.591. The summed E-state index contributed by atoms with van der Waals surface area (Å²) in [6.45, 7) is 2.58. The van der Waals surface area contributed by atoms with Gasteiger partial charge in [-0.25, -0.2) is 4.39 Å². The van der Waals surface area contributed by atoms with E-state index in [-0.39, 0.29) is 23.8 Å². The Morgan fingerprint density at radius 3 is 2.57 bits per heavy atom. The van der Waals surface area contributed by atoms with Gasteiger partial charge >= 0.3 is 5.97 Å². The summed E-state index contributed by atoms with van der Waals surface area (Å²) in [4.78, 5) is 24.0. The molecule has 0 aliphatic rings. The Balaban J connectivity index is 1.76. The Labute approximate surface area is 177 Å². The lowest BCUT2D eigenvalue weighted by molar-refractivity contribution is -0.139. The predicted octanol–water partition coefficient (Wildman–Crippen LogP) is 3.05. The number of rotatable bonds is 9. The third kappa shape index (κ3) is 5.66. The summed E-state index contributed by atoms with van der Waals surface area (Å²) in [5, 5.41) is 11.5. The van der Waals surface area contributed by atoms with Crippen molar-refractivity contribution in [2.24, 2.45) is 0 Å². The molecule has 0 aliphatic carbocycles. The van der Waals surface area contributed by atoms with Crippen molar-refractivity contribution in [1.29, 1.82) is 0 Å². The fourth-order valence-corrected chi connectivity index (χ4v) is 3.46. The van der Waals surface area contributed by atoms with Crippen molar-refractivity contribution in [3.05, 3.63) is 77.4 Å². The van der Waals surface area contributed by atoms with Gasteiger partial charge in [-0.1, -0.05) is 54.2 Å². The molecule has 0 unspecified atom stereocenters. The summed E-state index contributed by atoms with van der Waals surface area (Å²) in [6, 6.07) is 15.5. The number of carbonyl (C=O) groups excluding carboxylic acids is 2. The standard InChI is InChI=1S/C21H21FN4O3S/c1-2-29-19(27)14-30-21-25-24-18(26(21)13-15-8-4-3-5-9-15)12-23-20(28)16-10-6-7-11-17(16)22/h3-11H,2,12-14H2,1H3,(H,23,28). The van der Waals surface area contributed by atoms with Crippen LogP contribution in [0.4, 0.5) is 4.39 Å². The summed E-state index contributed by atoms with van der Waals surface area (Å²) in [5.74, 6) is -0.877. The Kier molecular flexibility index (Phi) is 7.56. The molecule has 3 aromatic rings. The first kappa shape index (κ1) is 21.5. The van der Waals surface area contributed by atoms with Crippen LogP contribution in [0.1, 0.15) is 28.7 Å². The minimum absolute atomic E-state index is 0.0384. The van der Waals surface area contributed by atoms with Crippen LogP contribution in [0.3, 0.4) is 0 Å². The average Bonchev–Trinajstić information content (AvgIpc) is 3.13. The van der Waals surface area contributed by atoms with E-state index in [1.54, 1.807) is 13.0 Å². The van der Waals surface area contributed by atoms with E-state index in [9.17, 15) is 14.0 Å². The number of hydrogen-bond acceptors (Lipinski definition) is 6. The fraction of sp³-hybridized carbons (Fsp3) is 0.238. The normalized spacial score (nSPS) is 10.6. The van der Waals surface area contributed by atoms with Crippen LogP contribution in [0.15, 0.2) is 59.8 Å². The topological polar surface area (TPSA) is 86.1 Å². The molecule has 30 heavy (non-hydrogen) atoms. The molecule has 9 heteroatoms. The predicted molar refractivity (Wildman–Crippen MR) is 110 cm³/mol. The summed E-state index contributed by atoms with van der Waals surface area (Å²) >= 11 is 1.21. The van der Waals surface area contributed by atoms with E-state index in [1.807, 2.05) is 34.9 Å². The molecule has 0 bridgehead atoms. The van der Waals surface area contributed by atoms with Crippen LogP contribution in [0.25, 0.3) is 0 Å². The maximum atomic E-state index is 13.8. The maximum Gasteiger partial charge on any atom is 0.316 e. The fourth-order valence-electron chi connectivity index (χ4n) is 2.71. The molecule has 0 radical (unpaired) electrons. The van der Waals surface area contributed by atoms with E-state index in [0.717, 1.165) is 5.56 Å². The lowest BCUT2D eigenvalue weighted by Gasteiger charge is -2.11. The number of amides is 1. The van der Waals surface area contributed by atoms with Gasteiger partial charge in [0.1, 0.15) is 5.82 Å². The van der Waals surface area contributed by atoms with Gasteiger partial charge in [0.15, 0.2) is 11.0 Å². The lowest BCUT2D eigenvalue weighted by Crippen LogP contribution is -2.26. The van der Waals surface area contributed by atoms with Gasteiger partial charge in [0.25, 0.3) is 5.91 Å². The molecule has 156 valence electrons. The van der Waals surface area contributed by atoms with Crippen molar-refractivity contribution < 1.29 is 18.7 Å². The second kappa shape index (κ2) is 10.5. The van der Waals surface area contributed by atoms with Crippen LogP contribution >= 0.6 is 11.8 Å². The second-order valence-corrected chi connectivity index (χ2v) is 7.17. The van der Waals surface area contributed by atoms with Gasteiger partial charge in [0.05, 0.1) is 31.0 Å². The third-order valence-corrected chi connectivity index (χ3v) is 5.07. The number of aromatic nitrogens is 3. The van der Waals surface area contributed by atoms with Crippen LogP contribution in [0.2, 0.25) is 0 Å². The molecule has 0 saturated carbocycles. The van der Waals surface area contributed by atoms with E-state index in [2.05, 4.69) is 15.5 Å². The highest BCUT2D eigenvalue weighted by Gasteiger charge is 2.17. The van der Waals surface area contributed by atoms with Gasteiger partial charge in [0.2, 0.25) is 0 Å². The molecular formula is C21H21FN4O3S. The summed E-state index contributed by atoms with van der Waals surface area (Å²) in [7, 11) is 0. The van der Waals surface area contributed by atoms with E-state index < -0.39 is 11.7 Å². The number of esters is 1. The molecule has 1 amide bonds. The minimum Gasteiger partial charge on any atom is -0.465 e. The van der Waals surface area contributed by atoms with Gasteiger partial charge in [0, 0.05) is 0 Å². The molecule has 1 N–H and O–H groups in total. The average molecular weight is 428 g/mol. The Bertz CT molecular complexity index is 1010. The van der Waals surface area contributed by atoms with Crippen molar-refractivity contribution in [2.45, 2.75) is 25.2 Å². The molecule has 3 rings (SSSR count). The van der Waals surface area contributed by atoms with E-state index >= 15 is 0 Å². The molecule has 0 aliphatic heterocycles. The number of benzene rings is 2. The first-order valence-electron chi connectivity index (χ1n) is 9.35. The summed E-state index contributed by atoms with van der Waals surface area (Å²) in [6.07, 6.45) is 0. The van der Waals surface area contributed by atoms with Crippen LogP contribution in [0.5, 0.6) is 0 Å². The molecule has 1 aromatic heterocycles. The zero-order valence-corrected chi connectivity index (χ0v) is 17.2. The highest BCUT2D eigenvalue weighted by atomic mass is 32.2. The van der Waals surface area contributed by atoms with Crippen molar-refractivity contribution in [2.75, 3.05) is 12.4 Å².